The van der Waals surface area contributed by atoms with E-state index in [1.165, 1.54) is 0 Å². The fraction of sp³-hybridized carbons (Fsp3) is 0.429. The van der Waals surface area contributed by atoms with E-state index in [1.54, 1.807) is 0 Å². The van der Waals surface area contributed by atoms with Gasteiger partial charge in [-0.3, -0.25) is 4.79 Å². The molecule has 1 atom stereocenters. The molecular formula is C7H10O5. The predicted molar refractivity (Wildman–Crippen MR) is 39.6 cm³/mol. The van der Waals surface area contributed by atoms with E-state index < -0.39 is 0 Å². The molecule has 68 valence electrons. The molecule has 1 aliphatic heterocycles. The van der Waals surface area contributed by atoms with Crippen LogP contribution in [0.3, 0.4) is 0 Å². The van der Waals surface area contributed by atoms with Gasteiger partial charge in [-0.2, -0.15) is 0 Å². The Morgan fingerprint density at radius 1 is 1.83 bits per heavy atom. The van der Waals surface area contributed by atoms with E-state index in [9.17, 15) is 4.79 Å². The van der Waals surface area contributed by atoms with E-state index in [1.807, 2.05) is 0 Å². The molecule has 0 aromatic rings. The van der Waals surface area contributed by atoms with Crippen LogP contribution in [0.4, 0.5) is 0 Å². The van der Waals surface area contributed by atoms with Gasteiger partial charge in [0.05, 0.1) is 6.61 Å². The topological polar surface area (TPSA) is 76.1 Å². The SMILES string of the molecule is C=CC(=O)OCC1CO1.O=CO. The second-order valence-electron chi connectivity index (χ2n) is 1.89. The molecule has 0 spiro atoms. The third-order valence-corrected chi connectivity index (χ3v) is 0.981. The molecule has 0 aromatic carbocycles. The van der Waals surface area contributed by atoms with E-state index in [2.05, 4.69) is 11.3 Å². The zero-order valence-electron chi connectivity index (χ0n) is 6.43. The van der Waals surface area contributed by atoms with Crippen molar-refractivity contribution in [1.82, 2.24) is 0 Å². The Labute approximate surface area is 69.6 Å². The summed E-state index contributed by atoms with van der Waals surface area (Å²) < 4.78 is 9.42. The number of ether oxygens (including phenoxy) is 2. The first-order chi connectivity index (χ1) is 5.74. The number of esters is 1. The van der Waals surface area contributed by atoms with Gasteiger partial charge < -0.3 is 14.6 Å². The number of carbonyl (C=O) groups excluding carboxylic acids is 1. The smallest absolute Gasteiger partial charge is 0.330 e. The van der Waals surface area contributed by atoms with Crippen molar-refractivity contribution < 1.29 is 24.2 Å². The van der Waals surface area contributed by atoms with Gasteiger partial charge >= 0.3 is 5.97 Å². The van der Waals surface area contributed by atoms with E-state index in [0.29, 0.717) is 13.2 Å². The molecule has 0 aliphatic carbocycles. The molecule has 5 heteroatoms. The first kappa shape index (κ1) is 10.6. The molecule has 1 N–H and O–H groups in total. The predicted octanol–water partition coefficient (Wildman–Crippen LogP) is -0.185. The molecular weight excluding hydrogens is 164 g/mol. The number of hydrogen-bond acceptors (Lipinski definition) is 4. The zero-order chi connectivity index (χ0) is 9.40. The summed E-state index contributed by atoms with van der Waals surface area (Å²) in [4.78, 5) is 18.7. The van der Waals surface area contributed by atoms with Crippen LogP contribution in [-0.4, -0.2) is 36.9 Å². The summed E-state index contributed by atoms with van der Waals surface area (Å²) in [5.74, 6) is -0.384. The second kappa shape index (κ2) is 6.36. The Balaban J connectivity index is 0.000000354. The van der Waals surface area contributed by atoms with Gasteiger partial charge in [-0.05, 0) is 0 Å². The molecule has 1 aliphatic rings. The van der Waals surface area contributed by atoms with Gasteiger partial charge in [0.25, 0.3) is 6.47 Å². The largest absolute Gasteiger partial charge is 0.483 e. The summed E-state index contributed by atoms with van der Waals surface area (Å²) >= 11 is 0. The van der Waals surface area contributed by atoms with Crippen molar-refractivity contribution in [2.75, 3.05) is 13.2 Å². The summed E-state index contributed by atoms with van der Waals surface area (Å²) in [7, 11) is 0. The molecule has 1 rings (SSSR count). The summed E-state index contributed by atoms with van der Waals surface area (Å²) in [5.41, 5.74) is 0. The number of hydrogen-bond donors (Lipinski definition) is 1. The van der Waals surface area contributed by atoms with Gasteiger partial charge in [-0.15, -0.1) is 0 Å². The summed E-state index contributed by atoms with van der Waals surface area (Å²) in [6.07, 6.45) is 1.29. The number of epoxide rings is 1. The molecule has 0 amide bonds. The maximum Gasteiger partial charge on any atom is 0.330 e. The van der Waals surface area contributed by atoms with Gasteiger partial charge in [0.1, 0.15) is 12.7 Å². The molecule has 1 unspecified atom stereocenters. The molecule has 1 fully saturated rings. The van der Waals surface area contributed by atoms with Crippen LogP contribution in [0.2, 0.25) is 0 Å². The van der Waals surface area contributed by atoms with Crippen LogP contribution in [0.15, 0.2) is 12.7 Å². The van der Waals surface area contributed by atoms with Crippen LogP contribution < -0.4 is 0 Å². The minimum Gasteiger partial charge on any atom is -0.483 e. The molecule has 12 heavy (non-hydrogen) atoms. The van der Waals surface area contributed by atoms with Crippen LogP contribution in [0, 0.1) is 0 Å². The standard InChI is InChI=1S/C6H8O3.CH2O2/c1-2-6(7)9-4-5-3-8-5;2-1-3/h2,5H,1,3-4H2;1H,(H,2,3). The van der Waals surface area contributed by atoms with Crippen LogP contribution in [-0.2, 0) is 19.1 Å². The monoisotopic (exact) mass is 174 g/mol. The lowest BCUT2D eigenvalue weighted by molar-refractivity contribution is -0.138. The fourth-order valence-corrected chi connectivity index (χ4v) is 0.398. The maximum atomic E-state index is 10.3. The van der Waals surface area contributed by atoms with Gasteiger partial charge in [-0.25, -0.2) is 4.79 Å². The lowest BCUT2D eigenvalue weighted by Gasteiger charge is -1.94. The van der Waals surface area contributed by atoms with Crippen LogP contribution >= 0.6 is 0 Å². The highest BCUT2D eigenvalue weighted by Gasteiger charge is 2.23. The zero-order valence-corrected chi connectivity index (χ0v) is 6.43. The van der Waals surface area contributed by atoms with E-state index in [4.69, 9.17) is 14.6 Å². The molecule has 1 heterocycles. The van der Waals surface area contributed by atoms with Gasteiger partial charge in [0.15, 0.2) is 0 Å². The molecule has 5 nitrogen and oxygen atoms in total. The highest BCUT2D eigenvalue weighted by atomic mass is 16.6. The summed E-state index contributed by atoms with van der Waals surface area (Å²) in [6, 6.07) is 0. The fourth-order valence-electron chi connectivity index (χ4n) is 0.398. The third kappa shape index (κ3) is 6.76. The van der Waals surface area contributed by atoms with Crippen molar-refractivity contribution in [3.63, 3.8) is 0 Å². The number of carboxylic acid groups (broad SMARTS) is 1. The Kier molecular flexibility index (Phi) is 5.64. The van der Waals surface area contributed by atoms with E-state index in [0.717, 1.165) is 6.08 Å². The average molecular weight is 174 g/mol. The number of carbonyl (C=O) groups is 2. The van der Waals surface area contributed by atoms with Crippen LogP contribution in [0.1, 0.15) is 0 Å². The van der Waals surface area contributed by atoms with Gasteiger partial charge in [0.2, 0.25) is 0 Å². The number of rotatable bonds is 3. The molecule has 0 bridgehead atoms. The first-order valence-corrected chi connectivity index (χ1v) is 3.23. The van der Waals surface area contributed by atoms with Crippen LogP contribution in [0.25, 0.3) is 0 Å². The highest BCUT2D eigenvalue weighted by Crippen LogP contribution is 2.08. The minimum absolute atomic E-state index is 0.147. The van der Waals surface area contributed by atoms with Gasteiger partial charge in [0, 0.05) is 6.08 Å². The summed E-state index contributed by atoms with van der Waals surface area (Å²) in [5, 5.41) is 6.89. The third-order valence-electron chi connectivity index (χ3n) is 0.981. The first-order valence-electron chi connectivity index (χ1n) is 3.23. The minimum atomic E-state index is -0.384. The molecule has 0 radical (unpaired) electrons. The molecule has 0 aromatic heterocycles. The van der Waals surface area contributed by atoms with Crippen molar-refractivity contribution in [1.29, 1.82) is 0 Å². The Hall–Kier alpha value is -1.36. The Morgan fingerprint density at radius 3 is 2.67 bits per heavy atom. The Morgan fingerprint density at radius 2 is 2.33 bits per heavy atom. The lowest BCUT2D eigenvalue weighted by Crippen LogP contribution is -2.06. The average Bonchev–Trinajstić information content (AvgIpc) is 2.85. The van der Waals surface area contributed by atoms with E-state index in [-0.39, 0.29) is 18.5 Å². The van der Waals surface area contributed by atoms with E-state index >= 15 is 0 Å². The molecule has 0 saturated carbocycles. The quantitative estimate of drug-likeness (QED) is 0.278. The maximum absolute atomic E-state index is 10.3. The van der Waals surface area contributed by atoms with Crippen molar-refractivity contribution in [2.45, 2.75) is 6.10 Å². The molecule has 1 saturated heterocycles. The van der Waals surface area contributed by atoms with Crippen molar-refractivity contribution >= 4 is 12.4 Å². The Bertz CT molecular complexity index is 161. The summed E-state index contributed by atoms with van der Waals surface area (Å²) in [6.45, 7) is 4.07. The van der Waals surface area contributed by atoms with Crippen molar-refractivity contribution in [3.05, 3.63) is 12.7 Å². The highest BCUT2D eigenvalue weighted by molar-refractivity contribution is 5.81. The van der Waals surface area contributed by atoms with Crippen LogP contribution in [0.5, 0.6) is 0 Å². The second-order valence-corrected chi connectivity index (χ2v) is 1.89. The lowest BCUT2D eigenvalue weighted by atomic mass is 10.5. The normalized spacial score (nSPS) is 18.2. The van der Waals surface area contributed by atoms with Crippen molar-refractivity contribution in [3.8, 4) is 0 Å². The van der Waals surface area contributed by atoms with Crippen molar-refractivity contribution in [2.24, 2.45) is 0 Å². The van der Waals surface area contributed by atoms with Gasteiger partial charge in [-0.1, -0.05) is 6.58 Å².